The van der Waals surface area contributed by atoms with Crippen LogP contribution in [0.15, 0.2) is 10.7 Å². The van der Waals surface area contributed by atoms with Crippen LogP contribution in [0.25, 0.3) is 0 Å². The highest BCUT2D eigenvalue weighted by atomic mass is 16.3. The van der Waals surface area contributed by atoms with Gasteiger partial charge in [0.2, 0.25) is 5.91 Å². The van der Waals surface area contributed by atoms with Crippen molar-refractivity contribution in [2.75, 3.05) is 33.7 Å². The highest BCUT2D eigenvalue weighted by Crippen LogP contribution is 2.28. The van der Waals surface area contributed by atoms with Gasteiger partial charge in [-0.15, -0.1) is 10.2 Å². The summed E-state index contributed by atoms with van der Waals surface area (Å²) in [5.41, 5.74) is 0.826. The molecule has 2 aromatic rings. The number of Topliss-reactive ketones (excluding diaryl/α,β-unsaturated/α-hetero) is 1. The summed E-state index contributed by atoms with van der Waals surface area (Å²) in [4.78, 5) is 41.8. The number of nitrogens with one attached hydrogen (secondary N) is 1. The lowest BCUT2D eigenvalue weighted by molar-refractivity contribution is -0.122. The Kier molecular flexibility index (Phi) is 7.16. The molecule has 10 nitrogen and oxygen atoms in total. The van der Waals surface area contributed by atoms with Gasteiger partial charge in [-0.3, -0.25) is 14.4 Å². The van der Waals surface area contributed by atoms with Crippen LogP contribution in [0.1, 0.15) is 77.3 Å². The maximum Gasteiger partial charge on any atom is 0.257 e. The smallest absolute Gasteiger partial charge is 0.257 e. The summed E-state index contributed by atoms with van der Waals surface area (Å²) in [6.45, 7) is 5.98. The highest BCUT2D eigenvalue weighted by molar-refractivity contribution is 6.09. The fraction of sp³-hybridized carbons (Fsp3) is 0.625. The quantitative estimate of drug-likeness (QED) is 0.657. The fourth-order valence-electron chi connectivity index (χ4n) is 4.78. The normalized spacial score (nSPS) is 16.9. The largest absolute Gasteiger partial charge is 0.468 e. The van der Waals surface area contributed by atoms with E-state index in [4.69, 9.17) is 4.42 Å². The van der Waals surface area contributed by atoms with Crippen LogP contribution < -0.4 is 5.32 Å². The Labute approximate surface area is 199 Å². The molecule has 2 aromatic heterocycles. The molecule has 1 aliphatic carbocycles. The first-order valence-corrected chi connectivity index (χ1v) is 12.0. The Morgan fingerprint density at radius 3 is 2.68 bits per heavy atom. The molecule has 184 valence electrons. The molecule has 0 bridgehead atoms. The van der Waals surface area contributed by atoms with Gasteiger partial charge < -0.3 is 24.1 Å². The monoisotopic (exact) mass is 470 g/mol. The summed E-state index contributed by atoms with van der Waals surface area (Å²) in [7, 11) is 3.72. The maximum absolute atomic E-state index is 13.3. The lowest BCUT2D eigenvalue weighted by atomic mass is 9.94. The number of furan rings is 1. The molecular weight excluding hydrogens is 436 g/mol. The van der Waals surface area contributed by atoms with Crippen LogP contribution in [0.5, 0.6) is 0 Å². The van der Waals surface area contributed by atoms with E-state index in [2.05, 4.69) is 29.4 Å². The second-order valence-electron chi connectivity index (χ2n) is 9.88. The van der Waals surface area contributed by atoms with Gasteiger partial charge in [-0.25, -0.2) is 0 Å². The van der Waals surface area contributed by atoms with Crippen LogP contribution >= 0.6 is 0 Å². The van der Waals surface area contributed by atoms with Crippen molar-refractivity contribution >= 4 is 17.6 Å². The molecule has 0 saturated heterocycles. The summed E-state index contributed by atoms with van der Waals surface area (Å²) in [5, 5.41) is 11.9. The predicted molar refractivity (Wildman–Crippen MR) is 124 cm³/mol. The fourth-order valence-corrected chi connectivity index (χ4v) is 4.78. The number of likely N-dealkylation sites (N-methyl/N-ethyl adjacent to an activating group) is 1. The Morgan fingerprint density at radius 2 is 1.94 bits per heavy atom. The number of nitrogens with zero attached hydrogens (tertiary/aromatic N) is 5. The van der Waals surface area contributed by atoms with Crippen molar-refractivity contribution in [3.63, 3.8) is 0 Å². The topological polar surface area (TPSA) is 114 Å². The van der Waals surface area contributed by atoms with Crippen molar-refractivity contribution in [3.8, 4) is 0 Å². The highest BCUT2D eigenvalue weighted by Gasteiger charge is 2.32. The van der Waals surface area contributed by atoms with E-state index >= 15 is 0 Å². The number of hydrogen-bond acceptors (Lipinski definition) is 7. The van der Waals surface area contributed by atoms with Crippen LogP contribution in [0, 0.1) is 5.92 Å². The molecule has 3 heterocycles. The second kappa shape index (κ2) is 10.1. The van der Waals surface area contributed by atoms with Crippen molar-refractivity contribution in [2.45, 2.75) is 58.5 Å². The van der Waals surface area contributed by atoms with Gasteiger partial charge in [-0.2, -0.15) is 0 Å². The maximum atomic E-state index is 13.3. The number of aryl methyl sites for hydroxylation is 1. The number of hydrogen-bond donors (Lipinski definition) is 1. The lowest BCUT2D eigenvalue weighted by Gasteiger charge is -2.23. The van der Waals surface area contributed by atoms with Gasteiger partial charge >= 0.3 is 0 Å². The van der Waals surface area contributed by atoms with E-state index in [-0.39, 0.29) is 23.6 Å². The summed E-state index contributed by atoms with van der Waals surface area (Å²) in [6, 6.07) is -0.255. The van der Waals surface area contributed by atoms with Gasteiger partial charge in [-0.1, -0.05) is 13.8 Å². The second-order valence-corrected chi connectivity index (χ2v) is 9.88. The first kappa shape index (κ1) is 24.1. The zero-order valence-corrected chi connectivity index (χ0v) is 20.5. The zero-order valence-electron chi connectivity index (χ0n) is 20.5. The van der Waals surface area contributed by atoms with Crippen molar-refractivity contribution < 1.29 is 18.8 Å². The third-order valence-corrected chi connectivity index (χ3v) is 6.34. The van der Waals surface area contributed by atoms with Crippen molar-refractivity contribution in [1.82, 2.24) is 29.9 Å². The molecule has 1 aliphatic heterocycles. The summed E-state index contributed by atoms with van der Waals surface area (Å²) < 4.78 is 7.59. The minimum absolute atomic E-state index is 0.0161. The van der Waals surface area contributed by atoms with Crippen LogP contribution in [-0.4, -0.2) is 75.9 Å². The summed E-state index contributed by atoms with van der Waals surface area (Å²) in [5.74, 6) is 2.24. The van der Waals surface area contributed by atoms with E-state index in [1.807, 2.05) is 23.6 Å². The Morgan fingerprint density at radius 1 is 1.15 bits per heavy atom. The number of carbonyl (C=O) groups excluding carboxylic acids is 3. The molecular formula is C24H34N6O4. The molecule has 2 amide bonds. The van der Waals surface area contributed by atoms with E-state index in [1.54, 1.807) is 4.90 Å². The van der Waals surface area contributed by atoms with E-state index in [1.165, 1.54) is 6.26 Å². The molecule has 0 saturated carbocycles. The molecule has 1 atom stereocenters. The van der Waals surface area contributed by atoms with Crippen molar-refractivity contribution in [3.05, 3.63) is 34.8 Å². The van der Waals surface area contributed by atoms with Gasteiger partial charge in [0.15, 0.2) is 11.6 Å². The summed E-state index contributed by atoms with van der Waals surface area (Å²) in [6.07, 6.45) is 4.63. The minimum atomic E-state index is -0.255. The Hall–Kier alpha value is -3.01. The molecule has 0 fully saturated rings. The molecule has 0 radical (unpaired) electrons. The van der Waals surface area contributed by atoms with E-state index in [0.717, 1.165) is 24.5 Å². The van der Waals surface area contributed by atoms with Crippen LogP contribution in [0.2, 0.25) is 0 Å². The molecule has 4 rings (SSSR count). The number of carbonyl (C=O) groups is 3. The average molecular weight is 471 g/mol. The third kappa shape index (κ3) is 5.06. The van der Waals surface area contributed by atoms with Crippen molar-refractivity contribution in [2.24, 2.45) is 5.92 Å². The number of rotatable bonds is 7. The van der Waals surface area contributed by atoms with Crippen LogP contribution in [0.4, 0.5) is 0 Å². The zero-order chi connectivity index (χ0) is 24.4. The summed E-state index contributed by atoms with van der Waals surface area (Å²) >= 11 is 0. The number of fused-ring (bicyclic) bond motifs is 2. The molecule has 0 spiro atoms. The Balaban J connectivity index is 1.51. The standard InChI is InChI=1S/C24H34N6O4/c1-15(2)12-17(25-21(32)13-28(3)4)23-27-26-20-8-9-29(10-11-30(20)23)24(33)16-14-34-19-7-5-6-18(31)22(16)19/h14-15,17H,5-13H2,1-4H3,(H,25,32)/t17-/m1/s1. The van der Waals surface area contributed by atoms with E-state index in [9.17, 15) is 14.4 Å². The molecule has 2 aliphatic rings. The number of ketones is 1. The van der Waals surface area contributed by atoms with Gasteiger partial charge in [0, 0.05) is 38.9 Å². The van der Waals surface area contributed by atoms with Gasteiger partial charge in [0.1, 0.15) is 17.8 Å². The molecule has 0 aromatic carbocycles. The SMILES string of the molecule is CC(C)C[C@@H](NC(=O)CN(C)C)c1nnc2n1CCN(C(=O)c1coc3c1C(=O)CCC3)CC2. The van der Waals surface area contributed by atoms with Crippen LogP contribution in [0.3, 0.4) is 0 Å². The van der Waals surface area contributed by atoms with Gasteiger partial charge in [0.05, 0.1) is 23.7 Å². The third-order valence-electron chi connectivity index (χ3n) is 6.34. The molecule has 0 unspecified atom stereocenters. The first-order valence-electron chi connectivity index (χ1n) is 12.0. The number of amides is 2. The van der Waals surface area contributed by atoms with E-state index in [0.29, 0.717) is 68.2 Å². The van der Waals surface area contributed by atoms with Crippen LogP contribution in [-0.2, 0) is 24.2 Å². The van der Waals surface area contributed by atoms with Gasteiger partial charge in [0.25, 0.3) is 5.91 Å². The lowest BCUT2D eigenvalue weighted by Crippen LogP contribution is -2.38. The molecule has 34 heavy (non-hydrogen) atoms. The molecule has 10 heteroatoms. The minimum Gasteiger partial charge on any atom is -0.468 e. The first-order chi connectivity index (χ1) is 16.2. The van der Waals surface area contributed by atoms with E-state index < -0.39 is 0 Å². The number of aromatic nitrogens is 3. The average Bonchev–Trinajstić information content (AvgIpc) is 3.31. The predicted octanol–water partition coefficient (Wildman–Crippen LogP) is 1.85. The Bertz CT molecular complexity index is 1070. The van der Waals surface area contributed by atoms with Gasteiger partial charge in [-0.05, 0) is 32.9 Å². The van der Waals surface area contributed by atoms with Crippen molar-refractivity contribution in [1.29, 1.82) is 0 Å². The molecule has 1 N–H and O–H groups in total.